The fourth-order valence-electron chi connectivity index (χ4n) is 3.27. The molecule has 24 heavy (non-hydrogen) atoms. The second kappa shape index (κ2) is 8.39. The van der Waals surface area contributed by atoms with E-state index in [1.165, 1.54) is 0 Å². The summed E-state index contributed by atoms with van der Waals surface area (Å²) in [5.74, 6) is 0.0713. The number of carboxylic acids is 1. The van der Waals surface area contributed by atoms with Crippen LogP contribution >= 0.6 is 0 Å². The van der Waals surface area contributed by atoms with Gasteiger partial charge in [-0.3, -0.25) is 4.79 Å². The highest BCUT2D eigenvalue weighted by atomic mass is 16.4. The largest absolute Gasteiger partial charge is 0.508 e. The Morgan fingerprint density at radius 2 is 1.33 bits per heavy atom. The van der Waals surface area contributed by atoms with Crippen LogP contribution in [0.2, 0.25) is 0 Å². The molecule has 4 heteroatoms. The van der Waals surface area contributed by atoms with Gasteiger partial charge < -0.3 is 15.3 Å². The lowest BCUT2D eigenvalue weighted by Crippen LogP contribution is -2.12. The number of phenolic OH excluding ortho intramolecular Hbond substituents is 2. The van der Waals surface area contributed by atoms with Gasteiger partial charge in [-0.1, -0.05) is 31.2 Å². The molecule has 0 aromatic heterocycles. The van der Waals surface area contributed by atoms with Crippen molar-refractivity contribution >= 4 is 5.97 Å². The molecule has 4 nitrogen and oxygen atoms in total. The van der Waals surface area contributed by atoms with E-state index in [1.54, 1.807) is 24.3 Å². The first kappa shape index (κ1) is 17.9. The van der Waals surface area contributed by atoms with Crippen molar-refractivity contribution in [1.29, 1.82) is 0 Å². The quantitative estimate of drug-likeness (QED) is 0.660. The standard InChI is InChI=1S/C20H24O4/c1-2-18(14-6-10-16(21)11-7-14)19(4-3-5-20(23)24)15-8-12-17(22)13-9-15/h6-13,18-19,21-22H,2-5H2,1H3,(H,23,24)/t18-,19+/m0/s1. The first-order chi connectivity index (χ1) is 11.5. The highest BCUT2D eigenvalue weighted by molar-refractivity contribution is 5.66. The van der Waals surface area contributed by atoms with Crippen molar-refractivity contribution in [3.8, 4) is 11.5 Å². The van der Waals surface area contributed by atoms with E-state index >= 15 is 0 Å². The van der Waals surface area contributed by atoms with Crippen LogP contribution in [-0.2, 0) is 4.79 Å². The van der Waals surface area contributed by atoms with Gasteiger partial charge in [0.15, 0.2) is 0 Å². The van der Waals surface area contributed by atoms with E-state index in [4.69, 9.17) is 5.11 Å². The molecule has 2 aromatic rings. The molecule has 0 spiro atoms. The number of rotatable bonds is 8. The summed E-state index contributed by atoms with van der Waals surface area (Å²) < 4.78 is 0. The number of aliphatic carboxylic acids is 1. The molecule has 0 bridgehead atoms. The Morgan fingerprint density at radius 3 is 1.75 bits per heavy atom. The van der Waals surface area contributed by atoms with E-state index in [2.05, 4.69) is 6.92 Å². The van der Waals surface area contributed by atoms with Crippen molar-refractivity contribution in [3.05, 3.63) is 59.7 Å². The Kier molecular flexibility index (Phi) is 6.24. The van der Waals surface area contributed by atoms with E-state index in [1.807, 2.05) is 24.3 Å². The van der Waals surface area contributed by atoms with Crippen molar-refractivity contribution < 1.29 is 20.1 Å². The first-order valence-electron chi connectivity index (χ1n) is 8.31. The van der Waals surface area contributed by atoms with Gasteiger partial charge in [0.1, 0.15) is 11.5 Å². The number of hydrogen-bond acceptors (Lipinski definition) is 3. The molecule has 0 radical (unpaired) electrons. The fourth-order valence-corrected chi connectivity index (χ4v) is 3.27. The lowest BCUT2D eigenvalue weighted by atomic mass is 9.77. The Labute approximate surface area is 142 Å². The molecule has 0 unspecified atom stereocenters. The van der Waals surface area contributed by atoms with E-state index in [0.717, 1.165) is 24.0 Å². The molecule has 0 saturated carbocycles. The summed E-state index contributed by atoms with van der Waals surface area (Å²) in [4.78, 5) is 10.8. The predicted molar refractivity (Wildman–Crippen MR) is 93.5 cm³/mol. The lowest BCUT2D eigenvalue weighted by Gasteiger charge is -2.27. The second-order valence-electron chi connectivity index (χ2n) is 6.09. The van der Waals surface area contributed by atoms with Crippen LogP contribution in [0, 0.1) is 0 Å². The summed E-state index contributed by atoms with van der Waals surface area (Å²) in [5, 5.41) is 27.9. The van der Waals surface area contributed by atoms with Crippen LogP contribution in [0.5, 0.6) is 11.5 Å². The van der Waals surface area contributed by atoms with Gasteiger partial charge in [0.05, 0.1) is 0 Å². The Hall–Kier alpha value is -2.49. The van der Waals surface area contributed by atoms with Crippen molar-refractivity contribution in [2.24, 2.45) is 0 Å². The molecule has 0 saturated heterocycles. The number of hydrogen-bond donors (Lipinski definition) is 3. The molecule has 0 amide bonds. The Balaban J connectivity index is 2.29. The highest BCUT2D eigenvalue weighted by Gasteiger charge is 2.23. The van der Waals surface area contributed by atoms with Crippen LogP contribution in [0.4, 0.5) is 0 Å². The lowest BCUT2D eigenvalue weighted by molar-refractivity contribution is -0.137. The zero-order valence-electron chi connectivity index (χ0n) is 13.9. The third kappa shape index (κ3) is 4.75. The Bertz CT molecular complexity index is 646. The van der Waals surface area contributed by atoms with Crippen molar-refractivity contribution in [3.63, 3.8) is 0 Å². The molecule has 128 valence electrons. The summed E-state index contributed by atoms with van der Waals surface area (Å²) in [6.07, 6.45) is 2.43. The number of carbonyl (C=O) groups is 1. The smallest absolute Gasteiger partial charge is 0.303 e. The third-order valence-corrected chi connectivity index (χ3v) is 4.47. The number of benzene rings is 2. The summed E-state index contributed by atoms with van der Waals surface area (Å²) in [6, 6.07) is 14.4. The Morgan fingerprint density at radius 1 is 0.875 bits per heavy atom. The van der Waals surface area contributed by atoms with Crippen molar-refractivity contribution in [2.75, 3.05) is 0 Å². The van der Waals surface area contributed by atoms with Crippen LogP contribution in [0.25, 0.3) is 0 Å². The molecule has 2 rings (SSSR count). The number of aromatic hydroxyl groups is 2. The number of carboxylic acid groups (broad SMARTS) is 1. The normalized spacial score (nSPS) is 13.4. The van der Waals surface area contributed by atoms with Crippen molar-refractivity contribution in [1.82, 2.24) is 0 Å². The van der Waals surface area contributed by atoms with Gasteiger partial charge >= 0.3 is 5.97 Å². The van der Waals surface area contributed by atoms with E-state index < -0.39 is 5.97 Å². The summed E-state index contributed by atoms with van der Waals surface area (Å²) in [6.45, 7) is 2.11. The first-order valence-corrected chi connectivity index (χ1v) is 8.31. The van der Waals surface area contributed by atoms with Gasteiger partial charge in [-0.25, -0.2) is 0 Å². The van der Waals surface area contributed by atoms with Crippen LogP contribution in [0.15, 0.2) is 48.5 Å². The summed E-state index contributed by atoms with van der Waals surface area (Å²) >= 11 is 0. The molecule has 2 atom stereocenters. The van der Waals surface area contributed by atoms with Gasteiger partial charge in [0.25, 0.3) is 0 Å². The SMILES string of the molecule is CC[C@@H](c1ccc(O)cc1)[C@H](CCCC(=O)O)c1ccc(O)cc1. The van der Waals surface area contributed by atoms with Gasteiger partial charge in [-0.2, -0.15) is 0 Å². The van der Waals surface area contributed by atoms with E-state index in [-0.39, 0.29) is 29.8 Å². The molecule has 3 N–H and O–H groups in total. The molecule has 2 aromatic carbocycles. The van der Waals surface area contributed by atoms with Gasteiger partial charge in [0, 0.05) is 6.42 Å². The average molecular weight is 328 g/mol. The van der Waals surface area contributed by atoms with Crippen LogP contribution < -0.4 is 0 Å². The molecule has 0 aliphatic carbocycles. The van der Waals surface area contributed by atoms with E-state index in [9.17, 15) is 15.0 Å². The minimum Gasteiger partial charge on any atom is -0.508 e. The van der Waals surface area contributed by atoms with Crippen LogP contribution in [-0.4, -0.2) is 21.3 Å². The molecule has 0 heterocycles. The third-order valence-electron chi connectivity index (χ3n) is 4.47. The van der Waals surface area contributed by atoms with Gasteiger partial charge in [-0.15, -0.1) is 0 Å². The minimum absolute atomic E-state index is 0.153. The predicted octanol–water partition coefficient (Wildman–Crippen LogP) is 4.63. The minimum atomic E-state index is -0.780. The molecular weight excluding hydrogens is 304 g/mol. The second-order valence-corrected chi connectivity index (χ2v) is 6.09. The topological polar surface area (TPSA) is 77.8 Å². The average Bonchev–Trinajstić information content (AvgIpc) is 2.56. The summed E-state index contributed by atoms with van der Waals surface area (Å²) in [5.41, 5.74) is 2.22. The highest BCUT2D eigenvalue weighted by Crippen LogP contribution is 2.39. The van der Waals surface area contributed by atoms with Crippen LogP contribution in [0.1, 0.15) is 55.6 Å². The maximum absolute atomic E-state index is 10.8. The summed E-state index contributed by atoms with van der Waals surface area (Å²) in [7, 11) is 0. The van der Waals surface area contributed by atoms with Gasteiger partial charge in [0.2, 0.25) is 0 Å². The molecule has 0 aliphatic heterocycles. The zero-order valence-corrected chi connectivity index (χ0v) is 13.9. The van der Waals surface area contributed by atoms with E-state index in [0.29, 0.717) is 6.42 Å². The number of phenols is 2. The molecule has 0 aliphatic rings. The maximum Gasteiger partial charge on any atom is 0.303 e. The zero-order chi connectivity index (χ0) is 17.5. The van der Waals surface area contributed by atoms with Crippen molar-refractivity contribution in [2.45, 2.75) is 44.4 Å². The molecule has 0 fully saturated rings. The maximum atomic E-state index is 10.8. The monoisotopic (exact) mass is 328 g/mol. The van der Waals surface area contributed by atoms with Crippen LogP contribution in [0.3, 0.4) is 0 Å². The molecular formula is C20H24O4. The van der Waals surface area contributed by atoms with Gasteiger partial charge in [-0.05, 0) is 66.5 Å². The fraction of sp³-hybridized carbons (Fsp3) is 0.350.